The molecule has 0 unspecified atom stereocenters. The van der Waals surface area contributed by atoms with E-state index in [0.717, 1.165) is 31.5 Å². The average Bonchev–Trinajstić information content (AvgIpc) is 3.51. The molecular weight excluding hydrogens is 388 g/mol. The number of fused-ring (bicyclic) bond motifs is 1. The first-order valence-corrected chi connectivity index (χ1v) is 11.2. The number of carbonyl (C=O) groups is 1. The van der Waals surface area contributed by atoms with Gasteiger partial charge in [-0.15, -0.1) is 0 Å². The number of carboxylic acids is 1. The quantitative estimate of drug-likeness (QED) is 0.562. The summed E-state index contributed by atoms with van der Waals surface area (Å²) in [4.78, 5) is 17.3. The van der Waals surface area contributed by atoms with Crippen LogP contribution < -0.4 is 0 Å². The predicted molar refractivity (Wildman–Crippen MR) is 122 cm³/mol. The van der Waals surface area contributed by atoms with Crippen molar-refractivity contribution in [2.75, 3.05) is 13.7 Å². The molecule has 2 N–H and O–H groups in total. The van der Waals surface area contributed by atoms with E-state index in [1.165, 1.54) is 40.4 Å². The lowest BCUT2D eigenvalue weighted by Crippen LogP contribution is -2.39. The molecule has 2 atom stereocenters. The van der Waals surface area contributed by atoms with Gasteiger partial charge in [-0.05, 0) is 79.0 Å². The monoisotopic (exact) mass is 418 g/mol. The number of ether oxygens (including phenoxy) is 1. The molecule has 1 aromatic heterocycles. The van der Waals surface area contributed by atoms with Gasteiger partial charge in [-0.1, -0.05) is 18.2 Å². The molecular formula is C26H30N2O3. The van der Waals surface area contributed by atoms with Crippen molar-refractivity contribution in [2.45, 2.75) is 57.2 Å². The van der Waals surface area contributed by atoms with Crippen molar-refractivity contribution in [3.8, 4) is 0 Å². The van der Waals surface area contributed by atoms with Crippen molar-refractivity contribution in [3.63, 3.8) is 0 Å². The van der Waals surface area contributed by atoms with Crippen LogP contribution in [-0.4, -0.2) is 40.7 Å². The Balaban J connectivity index is 1.51. The first kappa shape index (κ1) is 20.3. The van der Waals surface area contributed by atoms with E-state index in [1.54, 1.807) is 19.2 Å². The lowest BCUT2D eigenvalue weighted by atomic mass is 9.90. The number of rotatable bonds is 6. The second kappa shape index (κ2) is 8.13. The van der Waals surface area contributed by atoms with Crippen LogP contribution in [0.1, 0.15) is 70.3 Å². The third-order valence-electron chi connectivity index (χ3n) is 7.11. The number of likely N-dealkylation sites (tertiary alicyclic amines) is 1. The van der Waals surface area contributed by atoms with Gasteiger partial charge in [-0.25, -0.2) is 4.79 Å². The van der Waals surface area contributed by atoms with E-state index >= 15 is 0 Å². The fourth-order valence-electron chi connectivity index (χ4n) is 5.21. The van der Waals surface area contributed by atoms with E-state index in [-0.39, 0.29) is 12.1 Å². The molecule has 0 bridgehead atoms. The molecule has 1 saturated carbocycles. The Kier molecular flexibility index (Phi) is 5.32. The Morgan fingerprint density at radius 1 is 1.19 bits per heavy atom. The topological polar surface area (TPSA) is 65.6 Å². The molecule has 5 nitrogen and oxygen atoms in total. The molecule has 1 saturated heterocycles. The number of methoxy groups -OCH3 is 1. The molecule has 0 spiro atoms. The zero-order valence-electron chi connectivity index (χ0n) is 18.2. The van der Waals surface area contributed by atoms with Gasteiger partial charge < -0.3 is 14.8 Å². The fraction of sp³-hybridized carbons (Fsp3) is 0.423. The molecule has 0 amide bonds. The minimum atomic E-state index is -0.884. The number of nitrogens with one attached hydrogen (secondary N) is 1. The molecule has 3 aromatic rings. The molecule has 1 aliphatic heterocycles. The molecule has 2 fully saturated rings. The largest absolute Gasteiger partial charge is 0.478 e. The van der Waals surface area contributed by atoms with Crippen LogP contribution in [0.3, 0.4) is 0 Å². The Morgan fingerprint density at radius 3 is 2.65 bits per heavy atom. The maximum atomic E-state index is 11.3. The Bertz CT molecular complexity index is 1100. The first-order valence-electron chi connectivity index (χ1n) is 11.2. The molecule has 1 aliphatic carbocycles. The third-order valence-corrected chi connectivity index (χ3v) is 7.11. The summed E-state index contributed by atoms with van der Waals surface area (Å²) in [6.07, 6.45) is 6.79. The van der Waals surface area contributed by atoms with Crippen LogP contribution >= 0.6 is 0 Å². The Hall–Kier alpha value is -2.63. The number of benzene rings is 2. The molecule has 162 valence electrons. The lowest BCUT2D eigenvalue weighted by molar-refractivity contribution is 0.00687. The van der Waals surface area contributed by atoms with Crippen molar-refractivity contribution in [3.05, 3.63) is 70.4 Å². The minimum absolute atomic E-state index is 0.212. The van der Waals surface area contributed by atoms with E-state index in [0.29, 0.717) is 11.5 Å². The number of H-pyrrole nitrogens is 1. The van der Waals surface area contributed by atoms with Crippen LogP contribution in [-0.2, 0) is 11.3 Å². The van der Waals surface area contributed by atoms with E-state index < -0.39 is 5.97 Å². The van der Waals surface area contributed by atoms with Crippen LogP contribution in [0.5, 0.6) is 0 Å². The lowest BCUT2D eigenvalue weighted by Gasteiger charge is -2.40. The van der Waals surface area contributed by atoms with Gasteiger partial charge in [0, 0.05) is 43.3 Å². The smallest absolute Gasteiger partial charge is 0.335 e. The summed E-state index contributed by atoms with van der Waals surface area (Å²) in [5, 5.41) is 10.6. The first-order chi connectivity index (χ1) is 15.0. The highest BCUT2D eigenvalue weighted by molar-refractivity contribution is 5.88. The number of piperidine rings is 1. The average molecular weight is 419 g/mol. The molecule has 2 heterocycles. The maximum absolute atomic E-state index is 11.3. The second-order valence-corrected chi connectivity index (χ2v) is 9.10. The van der Waals surface area contributed by atoms with Gasteiger partial charge in [0.05, 0.1) is 11.7 Å². The van der Waals surface area contributed by atoms with Crippen molar-refractivity contribution < 1.29 is 14.6 Å². The molecule has 5 heteroatoms. The number of nitrogens with zero attached hydrogens (tertiary/aromatic N) is 1. The van der Waals surface area contributed by atoms with Gasteiger partial charge in [-0.3, -0.25) is 4.90 Å². The number of aromatic carboxylic acids is 1. The number of aromatic nitrogens is 1. The highest BCUT2D eigenvalue weighted by atomic mass is 16.5. The fourth-order valence-corrected chi connectivity index (χ4v) is 5.21. The van der Waals surface area contributed by atoms with E-state index in [4.69, 9.17) is 4.74 Å². The number of carboxylic acid groups (broad SMARTS) is 1. The molecule has 2 aromatic carbocycles. The van der Waals surface area contributed by atoms with E-state index in [2.05, 4.69) is 35.1 Å². The Morgan fingerprint density at radius 2 is 1.97 bits per heavy atom. The third kappa shape index (κ3) is 3.88. The van der Waals surface area contributed by atoms with Gasteiger partial charge in [0.1, 0.15) is 0 Å². The van der Waals surface area contributed by atoms with Crippen molar-refractivity contribution >= 4 is 16.9 Å². The van der Waals surface area contributed by atoms with E-state index in [1.807, 2.05) is 12.1 Å². The maximum Gasteiger partial charge on any atom is 0.335 e. The van der Waals surface area contributed by atoms with Crippen LogP contribution in [0.15, 0.2) is 42.6 Å². The highest BCUT2D eigenvalue weighted by Gasteiger charge is 2.33. The van der Waals surface area contributed by atoms with Gasteiger partial charge >= 0.3 is 5.97 Å². The summed E-state index contributed by atoms with van der Waals surface area (Å²) in [6, 6.07) is 12.2. The zero-order valence-corrected chi connectivity index (χ0v) is 18.2. The summed E-state index contributed by atoms with van der Waals surface area (Å²) in [5.74, 6) is -0.191. The van der Waals surface area contributed by atoms with Crippen LogP contribution in [0.25, 0.3) is 10.9 Å². The summed E-state index contributed by atoms with van der Waals surface area (Å²) in [7, 11) is 1.79. The van der Waals surface area contributed by atoms with Crippen LogP contribution in [0, 0.1) is 6.92 Å². The number of hydrogen-bond donors (Lipinski definition) is 2. The predicted octanol–water partition coefficient (Wildman–Crippen LogP) is 5.40. The van der Waals surface area contributed by atoms with Gasteiger partial charge in [0.25, 0.3) is 0 Å². The minimum Gasteiger partial charge on any atom is -0.478 e. The Labute approximate surface area is 183 Å². The molecule has 31 heavy (non-hydrogen) atoms. The second-order valence-electron chi connectivity index (χ2n) is 9.10. The number of aromatic amines is 1. The number of aryl methyl sites for hydroxylation is 1. The van der Waals surface area contributed by atoms with Crippen LogP contribution in [0.4, 0.5) is 0 Å². The van der Waals surface area contributed by atoms with Crippen molar-refractivity contribution in [2.24, 2.45) is 0 Å². The highest BCUT2D eigenvalue weighted by Crippen LogP contribution is 2.45. The van der Waals surface area contributed by atoms with Gasteiger partial charge in [-0.2, -0.15) is 0 Å². The van der Waals surface area contributed by atoms with E-state index in [9.17, 15) is 9.90 Å². The SMILES string of the molecule is CO[C@H]1CCN(Cc2c(C3CC3)cc(C)c3[nH]ccc23)[C@H](c2ccc(C(=O)O)cc2)C1. The number of hydrogen-bond acceptors (Lipinski definition) is 3. The van der Waals surface area contributed by atoms with Gasteiger partial charge in [0.2, 0.25) is 0 Å². The van der Waals surface area contributed by atoms with Crippen molar-refractivity contribution in [1.82, 2.24) is 9.88 Å². The summed E-state index contributed by atoms with van der Waals surface area (Å²) in [6.45, 7) is 4.07. The summed E-state index contributed by atoms with van der Waals surface area (Å²) in [5.41, 5.74) is 7.03. The standard InChI is InChI=1S/C26H30N2O3/c1-16-13-22(17-3-4-17)23(21-9-11-27-25(16)21)15-28-12-10-20(31-2)14-24(28)18-5-7-19(8-6-18)26(29)30/h5-9,11,13,17,20,24,27H,3-4,10,12,14-15H2,1-2H3,(H,29,30)/t20-,24-/m0/s1. The normalized spacial score (nSPS) is 22.1. The molecule has 2 aliphatic rings. The summed E-state index contributed by atoms with van der Waals surface area (Å²) >= 11 is 0. The zero-order chi connectivity index (χ0) is 21.5. The molecule has 5 rings (SSSR count). The van der Waals surface area contributed by atoms with Gasteiger partial charge in [0.15, 0.2) is 0 Å². The van der Waals surface area contributed by atoms with Crippen molar-refractivity contribution in [1.29, 1.82) is 0 Å². The molecule has 0 radical (unpaired) electrons. The van der Waals surface area contributed by atoms with Crippen LogP contribution in [0.2, 0.25) is 0 Å². The summed E-state index contributed by atoms with van der Waals surface area (Å²) < 4.78 is 5.72.